The Kier molecular flexibility index (Phi) is 4.26. The Balaban J connectivity index is 2.03. The van der Waals surface area contributed by atoms with E-state index < -0.39 is 0 Å². The molecule has 2 heteroatoms. The van der Waals surface area contributed by atoms with Crippen molar-refractivity contribution in [3.8, 4) is 0 Å². The van der Waals surface area contributed by atoms with Crippen LogP contribution in [-0.2, 0) is 0 Å². The smallest absolute Gasteiger partial charge is 0.0331 e. The van der Waals surface area contributed by atoms with Gasteiger partial charge in [0.05, 0.1) is 0 Å². The van der Waals surface area contributed by atoms with Gasteiger partial charge < -0.3 is 5.73 Å². The molecule has 0 aromatic rings. The van der Waals surface area contributed by atoms with E-state index in [0.717, 1.165) is 12.5 Å². The SMILES string of the molecule is CC(CN)(C1CCCCC1)N1CCCCC1. The third kappa shape index (κ3) is 2.43. The first-order chi connectivity index (χ1) is 7.77. The van der Waals surface area contributed by atoms with Gasteiger partial charge in [0, 0.05) is 12.1 Å². The molecule has 0 radical (unpaired) electrons. The third-order valence-electron chi connectivity index (χ3n) is 4.98. The summed E-state index contributed by atoms with van der Waals surface area (Å²) in [6.07, 6.45) is 11.3. The third-order valence-corrected chi connectivity index (χ3v) is 4.98. The van der Waals surface area contributed by atoms with Gasteiger partial charge in [0.2, 0.25) is 0 Å². The Morgan fingerprint density at radius 3 is 2.12 bits per heavy atom. The molecule has 94 valence electrons. The van der Waals surface area contributed by atoms with Crippen LogP contribution in [0.2, 0.25) is 0 Å². The van der Waals surface area contributed by atoms with Crippen LogP contribution in [0.25, 0.3) is 0 Å². The maximum atomic E-state index is 6.13. The van der Waals surface area contributed by atoms with Gasteiger partial charge in [-0.3, -0.25) is 4.90 Å². The highest BCUT2D eigenvalue weighted by Crippen LogP contribution is 2.37. The highest BCUT2D eigenvalue weighted by molar-refractivity contribution is 4.95. The normalized spacial score (nSPS) is 28.9. The lowest BCUT2D eigenvalue weighted by Crippen LogP contribution is -2.58. The van der Waals surface area contributed by atoms with Crippen LogP contribution in [0.15, 0.2) is 0 Å². The van der Waals surface area contributed by atoms with Crippen molar-refractivity contribution in [3.05, 3.63) is 0 Å². The van der Waals surface area contributed by atoms with Crippen molar-refractivity contribution in [3.63, 3.8) is 0 Å². The molecule has 2 aliphatic rings. The minimum Gasteiger partial charge on any atom is -0.329 e. The first-order valence-electron chi connectivity index (χ1n) is 7.22. The maximum Gasteiger partial charge on any atom is 0.0331 e. The molecule has 0 bridgehead atoms. The number of nitrogens with zero attached hydrogens (tertiary/aromatic N) is 1. The monoisotopic (exact) mass is 224 g/mol. The summed E-state index contributed by atoms with van der Waals surface area (Å²) in [4.78, 5) is 2.70. The van der Waals surface area contributed by atoms with E-state index in [9.17, 15) is 0 Å². The lowest BCUT2D eigenvalue weighted by Gasteiger charge is -2.49. The molecule has 1 aliphatic carbocycles. The van der Waals surface area contributed by atoms with Gasteiger partial charge in [0.15, 0.2) is 0 Å². The fourth-order valence-electron chi connectivity index (χ4n) is 3.68. The molecular weight excluding hydrogens is 196 g/mol. The Bertz CT molecular complexity index is 185. The summed E-state index contributed by atoms with van der Waals surface area (Å²) < 4.78 is 0. The topological polar surface area (TPSA) is 29.3 Å². The van der Waals surface area contributed by atoms with Crippen LogP contribution in [0.3, 0.4) is 0 Å². The van der Waals surface area contributed by atoms with Crippen LogP contribution in [0, 0.1) is 5.92 Å². The van der Waals surface area contributed by atoms with E-state index >= 15 is 0 Å². The Morgan fingerprint density at radius 2 is 1.56 bits per heavy atom. The summed E-state index contributed by atoms with van der Waals surface area (Å²) in [7, 11) is 0. The van der Waals surface area contributed by atoms with Gasteiger partial charge in [-0.05, 0) is 51.6 Å². The van der Waals surface area contributed by atoms with E-state index in [1.54, 1.807) is 0 Å². The first-order valence-corrected chi connectivity index (χ1v) is 7.22. The summed E-state index contributed by atoms with van der Waals surface area (Å²) in [6, 6.07) is 0. The molecule has 16 heavy (non-hydrogen) atoms. The molecule has 2 rings (SSSR count). The van der Waals surface area contributed by atoms with E-state index in [1.807, 2.05) is 0 Å². The molecule has 1 saturated heterocycles. The summed E-state index contributed by atoms with van der Waals surface area (Å²) >= 11 is 0. The van der Waals surface area contributed by atoms with Crippen molar-refractivity contribution in [2.75, 3.05) is 19.6 Å². The number of likely N-dealkylation sites (tertiary alicyclic amines) is 1. The minimum atomic E-state index is 0.292. The molecule has 2 fully saturated rings. The average Bonchev–Trinajstić information content (AvgIpc) is 2.40. The molecule has 1 aliphatic heterocycles. The van der Waals surface area contributed by atoms with Gasteiger partial charge in [0.25, 0.3) is 0 Å². The van der Waals surface area contributed by atoms with E-state index in [2.05, 4.69) is 11.8 Å². The molecule has 1 atom stereocenters. The van der Waals surface area contributed by atoms with E-state index in [-0.39, 0.29) is 0 Å². The Morgan fingerprint density at radius 1 is 1.00 bits per heavy atom. The van der Waals surface area contributed by atoms with E-state index in [0.29, 0.717) is 5.54 Å². The highest BCUT2D eigenvalue weighted by atomic mass is 15.2. The molecule has 0 aromatic carbocycles. The molecule has 2 N–H and O–H groups in total. The van der Waals surface area contributed by atoms with Crippen LogP contribution in [0.5, 0.6) is 0 Å². The van der Waals surface area contributed by atoms with E-state index in [1.165, 1.54) is 64.5 Å². The Hall–Kier alpha value is -0.0800. The van der Waals surface area contributed by atoms with Crippen molar-refractivity contribution in [2.45, 2.75) is 63.8 Å². The zero-order valence-electron chi connectivity index (χ0n) is 10.9. The molecular formula is C14H28N2. The highest BCUT2D eigenvalue weighted by Gasteiger charge is 2.39. The number of nitrogens with two attached hydrogens (primary N) is 1. The van der Waals surface area contributed by atoms with Crippen LogP contribution < -0.4 is 5.73 Å². The number of rotatable bonds is 3. The van der Waals surface area contributed by atoms with Crippen LogP contribution in [0.1, 0.15) is 58.3 Å². The molecule has 0 amide bonds. The zero-order chi connectivity index (χ0) is 11.4. The van der Waals surface area contributed by atoms with Gasteiger partial charge in [-0.2, -0.15) is 0 Å². The lowest BCUT2D eigenvalue weighted by molar-refractivity contribution is 0.0213. The van der Waals surface area contributed by atoms with Crippen LogP contribution in [-0.4, -0.2) is 30.1 Å². The summed E-state index contributed by atoms with van der Waals surface area (Å²) in [6.45, 7) is 5.83. The first kappa shape index (κ1) is 12.4. The number of hydrogen-bond acceptors (Lipinski definition) is 2. The standard InChI is InChI=1S/C14H28N2/c1-14(12-15,13-8-4-2-5-9-13)16-10-6-3-7-11-16/h13H,2-12,15H2,1H3. The van der Waals surface area contributed by atoms with E-state index in [4.69, 9.17) is 5.73 Å². The predicted molar refractivity (Wildman–Crippen MR) is 69.5 cm³/mol. The molecule has 1 saturated carbocycles. The number of piperidine rings is 1. The second-order valence-corrected chi connectivity index (χ2v) is 5.94. The Labute approximate surface area is 101 Å². The average molecular weight is 224 g/mol. The van der Waals surface area contributed by atoms with Crippen LogP contribution >= 0.6 is 0 Å². The maximum absolute atomic E-state index is 6.13. The largest absolute Gasteiger partial charge is 0.329 e. The van der Waals surface area contributed by atoms with Gasteiger partial charge >= 0.3 is 0 Å². The lowest BCUT2D eigenvalue weighted by atomic mass is 9.74. The number of hydrogen-bond donors (Lipinski definition) is 1. The van der Waals surface area contributed by atoms with Crippen LogP contribution in [0.4, 0.5) is 0 Å². The van der Waals surface area contributed by atoms with Crippen molar-refractivity contribution < 1.29 is 0 Å². The van der Waals surface area contributed by atoms with Crippen molar-refractivity contribution in [1.82, 2.24) is 4.90 Å². The molecule has 0 spiro atoms. The second-order valence-electron chi connectivity index (χ2n) is 5.94. The van der Waals surface area contributed by atoms with Crippen molar-refractivity contribution in [1.29, 1.82) is 0 Å². The quantitative estimate of drug-likeness (QED) is 0.798. The minimum absolute atomic E-state index is 0.292. The molecule has 0 aromatic heterocycles. The summed E-state index contributed by atoms with van der Waals surface area (Å²) in [5.74, 6) is 0.851. The van der Waals surface area contributed by atoms with Crippen molar-refractivity contribution in [2.24, 2.45) is 11.7 Å². The van der Waals surface area contributed by atoms with Gasteiger partial charge in [-0.25, -0.2) is 0 Å². The fraction of sp³-hybridized carbons (Fsp3) is 1.00. The summed E-state index contributed by atoms with van der Waals surface area (Å²) in [5.41, 5.74) is 6.42. The van der Waals surface area contributed by atoms with Gasteiger partial charge in [-0.15, -0.1) is 0 Å². The van der Waals surface area contributed by atoms with Gasteiger partial charge in [0.1, 0.15) is 0 Å². The fourth-order valence-corrected chi connectivity index (χ4v) is 3.68. The second kappa shape index (κ2) is 5.50. The zero-order valence-corrected chi connectivity index (χ0v) is 10.9. The van der Waals surface area contributed by atoms with Crippen molar-refractivity contribution >= 4 is 0 Å². The molecule has 2 nitrogen and oxygen atoms in total. The van der Waals surface area contributed by atoms with Gasteiger partial charge in [-0.1, -0.05) is 25.7 Å². The molecule has 1 unspecified atom stereocenters. The predicted octanol–water partition coefficient (Wildman–Crippen LogP) is 2.77. The molecule has 1 heterocycles. The summed E-state index contributed by atoms with van der Waals surface area (Å²) in [5, 5.41) is 0.